The van der Waals surface area contributed by atoms with Crippen LogP contribution in [0, 0.1) is 70.5 Å². The third-order valence-corrected chi connectivity index (χ3v) is 11.5. The van der Waals surface area contributed by atoms with E-state index in [9.17, 15) is 10.1 Å². The summed E-state index contributed by atoms with van der Waals surface area (Å²) in [7, 11) is 0. The normalized spacial score (nSPS) is 47.5. The quantitative estimate of drug-likeness (QED) is 0.646. The molecule has 6 aliphatic rings. The predicted octanol–water partition coefficient (Wildman–Crippen LogP) is 5.54. The number of rotatable bonds is 3. The van der Waals surface area contributed by atoms with Crippen LogP contribution in [0.25, 0.3) is 0 Å². The zero-order chi connectivity index (χ0) is 21.5. The van der Waals surface area contributed by atoms with E-state index >= 15 is 0 Å². The number of aromatic nitrogens is 2. The molecule has 4 nitrogen and oxygen atoms in total. The van der Waals surface area contributed by atoms with Crippen LogP contribution in [-0.4, -0.2) is 15.6 Å². The molecule has 0 saturated heterocycles. The smallest absolute Gasteiger partial charge is 0.158 e. The summed E-state index contributed by atoms with van der Waals surface area (Å²) in [6.45, 7) is 7.17. The van der Waals surface area contributed by atoms with Gasteiger partial charge in [-0.05, 0) is 91.8 Å². The molecule has 0 aromatic carbocycles. The Morgan fingerprint density at radius 2 is 2.00 bits per heavy atom. The maximum atomic E-state index is 13.7. The van der Waals surface area contributed by atoms with Crippen molar-refractivity contribution in [1.82, 2.24) is 9.78 Å². The van der Waals surface area contributed by atoms with Crippen molar-refractivity contribution in [2.24, 2.45) is 52.3 Å². The second-order valence-corrected chi connectivity index (χ2v) is 12.1. The van der Waals surface area contributed by atoms with Crippen molar-refractivity contribution in [3.05, 3.63) is 17.5 Å². The van der Waals surface area contributed by atoms with Gasteiger partial charge in [-0.15, -0.1) is 0 Å². The van der Waals surface area contributed by atoms with Gasteiger partial charge in [0.05, 0.1) is 17.8 Å². The van der Waals surface area contributed by atoms with Crippen LogP contribution in [0.5, 0.6) is 0 Å². The van der Waals surface area contributed by atoms with Gasteiger partial charge in [0.15, 0.2) is 5.78 Å². The van der Waals surface area contributed by atoms with Crippen LogP contribution < -0.4 is 0 Å². The third kappa shape index (κ3) is 2.42. The predicted molar refractivity (Wildman–Crippen MR) is 119 cm³/mol. The van der Waals surface area contributed by atoms with Gasteiger partial charge in [0.25, 0.3) is 0 Å². The summed E-state index contributed by atoms with van der Waals surface area (Å²) in [5.74, 6) is 5.56. The fourth-order valence-electron chi connectivity index (χ4n) is 10.3. The second kappa shape index (κ2) is 6.69. The van der Waals surface area contributed by atoms with E-state index in [1.165, 1.54) is 57.8 Å². The van der Waals surface area contributed by atoms with Gasteiger partial charge < -0.3 is 0 Å². The minimum Gasteiger partial charge on any atom is -0.297 e. The maximum Gasteiger partial charge on any atom is 0.158 e. The molecule has 6 fully saturated rings. The van der Waals surface area contributed by atoms with Crippen molar-refractivity contribution in [1.29, 1.82) is 5.26 Å². The molecule has 1 aromatic rings. The number of hydrogen-bond acceptors (Lipinski definition) is 3. The van der Waals surface area contributed by atoms with Crippen molar-refractivity contribution >= 4 is 5.78 Å². The maximum absolute atomic E-state index is 13.7. The molecular weight excluding hydrogens is 382 g/mol. The highest BCUT2D eigenvalue weighted by atomic mass is 16.1. The molecule has 1 aromatic heterocycles. The van der Waals surface area contributed by atoms with Gasteiger partial charge in [-0.2, -0.15) is 10.4 Å². The van der Waals surface area contributed by atoms with E-state index < -0.39 is 0 Å². The Kier molecular flexibility index (Phi) is 4.32. The summed E-state index contributed by atoms with van der Waals surface area (Å²) < 4.78 is 1.73. The highest BCUT2D eigenvalue weighted by molar-refractivity contribution is 5.83. The fourth-order valence-corrected chi connectivity index (χ4v) is 10.3. The van der Waals surface area contributed by atoms with Crippen molar-refractivity contribution in [2.75, 3.05) is 0 Å². The lowest BCUT2D eigenvalue weighted by atomic mass is 9.39. The monoisotopic (exact) mass is 419 g/mol. The number of nitrogens with zero attached hydrogens (tertiary/aromatic N) is 3. The van der Waals surface area contributed by atoms with Gasteiger partial charge in [0, 0.05) is 12.1 Å². The summed E-state index contributed by atoms with van der Waals surface area (Å²) in [4.78, 5) is 13.7. The number of fused-ring (bicyclic) bond motifs is 3. The Bertz CT molecular complexity index is 958. The van der Waals surface area contributed by atoms with Crippen molar-refractivity contribution in [3.63, 3.8) is 0 Å². The van der Waals surface area contributed by atoms with E-state index in [0.717, 1.165) is 29.4 Å². The Morgan fingerprint density at radius 1 is 1.19 bits per heavy atom. The van der Waals surface area contributed by atoms with E-state index in [-0.39, 0.29) is 11.3 Å². The first-order valence-electron chi connectivity index (χ1n) is 12.9. The van der Waals surface area contributed by atoms with E-state index in [4.69, 9.17) is 0 Å². The zero-order valence-corrected chi connectivity index (χ0v) is 19.4. The van der Waals surface area contributed by atoms with Crippen LogP contribution in [0.15, 0.2) is 6.20 Å². The van der Waals surface area contributed by atoms with E-state index in [1.807, 2.05) is 6.92 Å². The first-order valence-corrected chi connectivity index (χ1v) is 12.9. The summed E-state index contributed by atoms with van der Waals surface area (Å²) in [6.07, 6.45) is 14.4. The van der Waals surface area contributed by atoms with Gasteiger partial charge in [-0.3, -0.25) is 9.48 Å². The highest BCUT2D eigenvalue weighted by Crippen LogP contribution is 2.82. The fraction of sp³-hybridized carbons (Fsp3) is 0.815. The van der Waals surface area contributed by atoms with Crippen LogP contribution >= 0.6 is 0 Å². The van der Waals surface area contributed by atoms with Gasteiger partial charge >= 0.3 is 0 Å². The molecule has 0 amide bonds. The number of carbonyl (C=O) groups is 1. The Balaban J connectivity index is 1.29. The summed E-state index contributed by atoms with van der Waals surface area (Å²) in [5.41, 5.74) is 1.88. The molecule has 2 bridgehead atoms. The molecule has 6 aliphatic carbocycles. The largest absolute Gasteiger partial charge is 0.297 e. The lowest BCUT2D eigenvalue weighted by Gasteiger charge is -2.65. The zero-order valence-electron chi connectivity index (χ0n) is 19.4. The standard InChI is InChI=1S/C27H37N3O/c1-16-22-12-27(16)23-9-8-18-6-4-5-7-20(18)21(23)10-11-26(27,3)25(22)24(31)15-30-14-19(13-28)17(2)29-30/h14,16,18,20-23,25H,4-12,15H2,1-3H3/t16-,18+,20+,21?,22-,23-,25-,26-,27?/m1/s1. The van der Waals surface area contributed by atoms with Gasteiger partial charge in [0.1, 0.15) is 6.07 Å². The first kappa shape index (κ1) is 20.0. The van der Waals surface area contributed by atoms with E-state index in [2.05, 4.69) is 25.0 Å². The van der Waals surface area contributed by atoms with Gasteiger partial charge in [0.2, 0.25) is 0 Å². The molecule has 9 atom stereocenters. The van der Waals surface area contributed by atoms with Crippen LogP contribution in [0.2, 0.25) is 0 Å². The number of carbonyl (C=O) groups excluding carboxylic acids is 1. The molecule has 6 saturated carbocycles. The number of Topliss-reactive ketones (excluding diaryl/α,β-unsaturated/α-hetero) is 1. The molecule has 0 N–H and O–H groups in total. The van der Waals surface area contributed by atoms with Crippen molar-refractivity contribution < 1.29 is 4.79 Å². The minimum absolute atomic E-state index is 0.164. The van der Waals surface area contributed by atoms with Crippen LogP contribution in [0.4, 0.5) is 0 Å². The number of aryl methyl sites for hydroxylation is 1. The lowest BCUT2D eigenvalue weighted by molar-refractivity contribution is -0.169. The average Bonchev–Trinajstić information content (AvgIpc) is 3.34. The summed E-state index contributed by atoms with van der Waals surface area (Å²) >= 11 is 0. The molecule has 2 unspecified atom stereocenters. The van der Waals surface area contributed by atoms with E-state index in [1.54, 1.807) is 10.9 Å². The molecule has 1 heterocycles. The van der Waals surface area contributed by atoms with Crippen LogP contribution in [0.3, 0.4) is 0 Å². The molecule has 1 spiro atoms. The number of nitriles is 1. The van der Waals surface area contributed by atoms with Gasteiger partial charge in [-0.1, -0.05) is 33.1 Å². The molecule has 0 radical (unpaired) electrons. The minimum atomic E-state index is 0.164. The van der Waals surface area contributed by atoms with E-state index in [0.29, 0.717) is 35.1 Å². The summed E-state index contributed by atoms with van der Waals surface area (Å²) in [6, 6.07) is 2.19. The van der Waals surface area contributed by atoms with Crippen molar-refractivity contribution in [3.8, 4) is 6.07 Å². The third-order valence-electron chi connectivity index (χ3n) is 11.5. The second-order valence-electron chi connectivity index (χ2n) is 12.1. The first-order chi connectivity index (χ1) is 14.9. The van der Waals surface area contributed by atoms with Crippen LogP contribution in [0.1, 0.15) is 82.9 Å². The number of ketones is 1. The van der Waals surface area contributed by atoms with Gasteiger partial charge in [-0.25, -0.2) is 0 Å². The highest BCUT2D eigenvalue weighted by Gasteiger charge is 2.78. The molecular formula is C27H37N3O. The molecule has 166 valence electrons. The molecule has 0 aliphatic heterocycles. The topological polar surface area (TPSA) is 58.7 Å². The Labute approximate surface area is 186 Å². The van der Waals surface area contributed by atoms with Crippen molar-refractivity contribution in [2.45, 2.75) is 85.1 Å². The summed E-state index contributed by atoms with van der Waals surface area (Å²) in [5, 5.41) is 13.7. The Morgan fingerprint density at radius 3 is 2.74 bits per heavy atom. The lowest BCUT2D eigenvalue weighted by Crippen LogP contribution is -2.59. The average molecular weight is 420 g/mol. The SMILES string of the molecule is Cc1nn(CC(=O)[C@H]2[C@@H]3CC4([C@@H]5CC[C@@H]6CCCC[C@@H]6C5CC[C@]24C)[C@@H]3C)cc1C#N. The molecule has 4 heteroatoms. The van der Waals surface area contributed by atoms with Crippen LogP contribution in [-0.2, 0) is 11.3 Å². The Hall–Kier alpha value is -1.63. The molecule has 7 rings (SSSR count). The number of hydrogen-bond donors (Lipinski definition) is 0. The molecule has 31 heavy (non-hydrogen) atoms.